The third kappa shape index (κ3) is 3.80. The number of nitro benzene ring substituents is 1. The van der Waals surface area contributed by atoms with E-state index in [0.717, 1.165) is 18.2 Å². The number of rotatable bonds is 4. The van der Waals surface area contributed by atoms with Crippen molar-refractivity contribution in [3.8, 4) is 0 Å². The molecule has 0 amide bonds. The second-order valence-electron chi connectivity index (χ2n) is 4.13. The zero-order valence-electron chi connectivity index (χ0n) is 10.6. The summed E-state index contributed by atoms with van der Waals surface area (Å²) in [6, 6.07) is 7.32. The lowest BCUT2D eigenvalue weighted by Gasteiger charge is -2.09. The molecule has 0 fully saturated rings. The molecule has 0 bridgehead atoms. The smallest absolute Gasteiger partial charge is 0.280 e. The predicted molar refractivity (Wildman–Crippen MR) is 85.4 cm³/mol. The van der Waals surface area contributed by atoms with Gasteiger partial charge in [-0.15, -0.1) is 0 Å². The van der Waals surface area contributed by atoms with Crippen molar-refractivity contribution in [2.24, 2.45) is 0 Å². The first-order valence-corrected chi connectivity index (χ1v) is 8.23. The summed E-state index contributed by atoms with van der Waals surface area (Å²) in [7, 11) is -4.05. The summed E-state index contributed by atoms with van der Waals surface area (Å²) < 4.78 is 26.7. The summed E-state index contributed by atoms with van der Waals surface area (Å²) >= 11 is 17.2. The van der Waals surface area contributed by atoms with Gasteiger partial charge in [0.05, 0.1) is 15.5 Å². The Bertz CT molecular complexity index is 835. The van der Waals surface area contributed by atoms with Gasteiger partial charge in [-0.3, -0.25) is 14.8 Å². The van der Waals surface area contributed by atoms with Gasteiger partial charge in [-0.25, -0.2) is 8.42 Å². The van der Waals surface area contributed by atoms with Crippen LogP contribution >= 0.6 is 34.8 Å². The topological polar surface area (TPSA) is 89.3 Å². The number of nitrogens with one attached hydrogen (secondary N) is 1. The minimum absolute atomic E-state index is 0.134. The Morgan fingerprint density at radius 3 is 2.14 bits per heavy atom. The quantitative estimate of drug-likeness (QED) is 0.629. The van der Waals surface area contributed by atoms with Crippen LogP contribution in [0.3, 0.4) is 0 Å². The fourth-order valence-electron chi connectivity index (χ4n) is 1.63. The molecule has 0 aliphatic carbocycles. The number of halogens is 3. The molecule has 2 rings (SSSR count). The van der Waals surface area contributed by atoms with Crippen molar-refractivity contribution < 1.29 is 13.3 Å². The highest BCUT2D eigenvalue weighted by Crippen LogP contribution is 2.29. The van der Waals surface area contributed by atoms with Crippen LogP contribution in [0.1, 0.15) is 0 Å². The maximum Gasteiger partial charge on any atom is 0.289 e. The maximum absolute atomic E-state index is 12.2. The average Bonchev–Trinajstić information content (AvgIpc) is 2.36. The lowest BCUT2D eigenvalue weighted by atomic mass is 10.3. The monoisotopic (exact) mass is 380 g/mol. The Hall–Kier alpha value is -1.54. The molecule has 0 unspecified atom stereocenters. The molecule has 0 aliphatic heterocycles. The van der Waals surface area contributed by atoms with E-state index in [1.807, 2.05) is 0 Å². The zero-order valence-corrected chi connectivity index (χ0v) is 13.7. The van der Waals surface area contributed by atoms with Crippen LogP contribution in [0.4, 0.5) is 11.4 Å². The van der Waals surface area contributed by atoms with Crippen LogP contribution in [-0.2, 0) is 10.0 Å². The van der Waals surface area contributed by atoms with Crippen LogP contribution in [0.5, 0.6) is 0 Å². The van der Waals surface area contributed by atoms with E-state index in [0.29, 0.717) is 0 Å². The van der Waals surface area contributed by atoms with E-state index >= 15 is 0 Å². The van der Waals surface area contributed by atoms with E-state index in [-0.39, 0.29) is 25.7 Å². The Kier molecular flexibility index (Phi) is 4.81. The largest absolute Gasteiger partial charge is 0.289 e. The highest BCUT2D eigenvalue weighted by Gasteiger charge is 2.21. The molecule has 0 heterocycles. The third-order valence-corrected chi connectivity index (χ3v) is 4.67. The molecular formula is C12H7Cl3N2O4S. The lowest BCUT2D eigenvalue weighted by Crippen LogP contribution is -2.13. The Balaban J connectivity index is 2.42. The first-order valence-electron chi connectivity index (χ1n) is 5.62. The van der Waals surface area contributed by atoms with Crippen molar-refractivity contribution in [2.75, 3.05) is 4.72 Å². The molecule has 22 heavy (non-hydrogen) atoms. The lowest BCUT2D eigenvalue weighted by molar-refractivity contribution is -0.384. The van der Waals surface area contributed by atoms with Crippen LogP contribution in [0, 0.1) is 10.1 Å². The number of hydrogen-bond donors (Lipinski definition) is 1. The van der Waals surface area contributed by atoms with Gasteiger partial charge in [-0.1, -0.05) is 34.8 Å². The van der Waals surface area contributed by atoms with Crippen molar-refractivity contribution in [1.82, 2.24) is 0 Å². The predicted octanol–water partition coefficient (Wildman–Crippen LogP) is 4.36. The molecule has 0 spiro atoms. The zero-order chi connectivity index (χ0) is 16.5. The molecule has 0 atom stereocenters. The second kappa shape index (κ2) is 6.29. The fraction of sp³-hybridized carbons (Fsp3) is 0. The van der Waals surface area contributed by atoms with Crippen molar-refractivity contribution in [3.63, 3.8) is 0 Å². The summed E-state index contributed by atoms with van der Waals surface area (Å²) in [6.07, 6.45) is 0. The average molecular weight is 382 g/mol. The van der Waals surface area contributed by atoms with Crippen LogP contribution in [0.2, 0.25) is 15.1 Å². The van der Waals surface area contributed by atoms with Gasteiger partial charge in [-0.2, -0.15) is 0 Å². The van der Waals surface area contributed by atoms with Gasteiger partial charge in [0.1, 0.15) is 5.02 Å². The third-order valence-electron chi connectivity index (χ3n) is 2.54. The Morgan fingerprint density at radius 1 is 1.00 bits per heavy atom. The van der Waals surface area contributed by atoms with Crippen LogP contribution in [0.25, 0.3) is 0 Å². The van der Waals surface area contributed by atoms with Crippen LogP contribution in [0.15, 0.2) is 41.3 Å². The molecule has 6 nitrogen and oxygen atoms in total. The minimum atomic E-state index is -4.05. The molecule has 116 valence electrons. The van der Waals surface area contributed by atoms with Gasteiger partial charge in [0.2, 0.25) is 0 Å². The molecule has 0 saturated carbocycles. The standard InChI is InChI=1S/C12H7Cl3N2O4S/c13-7-3-8(14)5-9(4-7)16-22(20,21)10-1-2-11(15)12(6-10)17(18)19/h1-6,16H. The highest BCUT2D eigenvalue weighted by atomic mass is 35.5. The van der Waals surface area contributed by atoms with Gasteiger partial charge in [-0.05, 0) is 30.3 Å². The molecule has 0 aromatic heterocycles. The molecule has 2 aromatic carbocycles. The number of nitro groups is 1. The number of hydrogen-bond acceptors (Lipinski definition) is 4. The van der Waals surface area contributed by atoms with Crippen molar-refractivity contribution in [2.45, 2.75) is 4.90 Å². The molecule has 1 N–H and O–H groups in total. The molecule has 0 radical (unpaired) electrons. The van der Waals surface area contributed by atoms with Crippen molar-refractivity contribution >= 4 is 56.2 Å². The Morgan fingerprint density at radius 2 is 1.59 bits per heavy atom. The summed E-state index contributed by atoms with van der Waals surface area (Å²) in [6.45, 7) is 0. The number of nitrogens with zero attached hydrogens (tertiary/aromatic N) is 1. The first-order chi connectivity index (χ1) is 10.2. The van der Waals surface area contributed by atoms with Gasteiger partial charge >= 0.3 is 0 Å². The van der Waals surface area contributed by atoms with Gasteiger partial charge < -0.3 is 0 Å². The van der Waals surface area contributed by atoms with Crippen LogP contribution in [-0.4, -0.2) is 13.3 Å². The van der Waals surface area contributed by atoms with E-state index in [1.165, 1.54) is 18.2 Å². The van der Waals surface area contributed by atoms with E-state index in [4.69, 9.17) is 34.8 Å². The highest BCUT2D eigenvalue weighted by molar-refractivity contribution is 7.92. The minimum Gasteiger partial charge on any atom is -0.280 e. The summed E-state index contributed by atoms with van der Waals surface area (Å²) in [5, 5.41) is 11.1. The number of sulfonamides is 1. The molecule has 10 heteroatoms. The summed E-state index contributed by atoms with van der Waals surface area (Å²) in [5.74, 6) is 0. The van der Waals surface area contributed by atoms with Gasteiger partial charge in [0.15, 0.2) is 0 Å². The molecular weight excluding hydrogens is 375 g/mol. The van der Waals surface area contributed by atoms with E-state index in [1.54, 1.807) is 0 Å². The number of anilines is 1. The van der Waals surface area contributed by atoms with Crippen molar-refractivity contribution in [3.05, 3.63) is 61.6 Å². The van der Waals surface area contributed by atoms with Gasteiger partial charge in [0, 0.05) is 16.1 Å². The normalized spacial score (nSPS) is 11.2. The van der Waals surface area contributed by atoms with Crippen molar-refractivity contribution in [1.29, 1.82) is 0 Å². The molecule has 0 aliphatic rings. The summed E-state index contributed by atoms with van der Waals surface area (Å²) in [5.41, 5.74) is -0.372. The van der Waals surface area contributed by atoms with Gasteiger partial charge in [0.25, 0.3) is 15.7 Å². The maximum atomic E-state index is 12.2. The fourth-order valence-corrected chi connectivity index (χ4v) is 3.40. The van der Waals surface area contributed by atoms with Crippen LogP contribution < -0.4 is 4.72 Å². The van der Waals surface area contributed by atoms with E-state index in [2.05, 4.69) is 4.72 Å². The number of benzene rings is 2. The molecule has 2 aromatic rings. The van der Waals surface area contributed by atoms with E-state index in [9.17, 15) is 18.5 Å². The Labute approximate surface area is 140 Å². The SMILES string of the molecule is O=[N+]([O-])c1cc(S(=O)(=O)Nc2cc(Cl)cc(Cl)c2)ccc1Cl. The first kappa shape index (κ1) is 16.8. The summed E-state index contributed by atoms with van der Waals surface area (Å²) in [4.78, 5) is 9.75. The van der Waals surface area contributed by atoms with E-state index < -0.39 is 20.6 Å². The molecule has 0 saturated heterocycles. The second-order valence-corrected chi connectivity index (χ2v) is 7.10.